The van der Waals surface area contributed by atoms with Crippen LogP contribution in [-0.4, -0.2) is 27.4 Å². The minimum atomic E-state index is -0.490. The first-order valence-electron chi connectivity index (χ1n) is 4.82. The summed E-state index contributed by atoms with van der Waals surface area (Å²) >= 11 is 0. The van der Waals surface area contributed by atoms with Crippen LogP contribution in [0.25, 0.3) is 0 Å². The molecule has 15 heavy (non-hydrogen) atoms. The molecule has 0 saturated carbocycles. The fraction of sp³-hybridized carbons (Fsp3) is 0.455. The second kappa shape index (κ2) is 6.24. The van der Waals surface area contributed by atoms with Gasteiger partial charge in [-0.25, -0.2) is 4.39 Å². The molecule has 0 aromatic heterocycles. The van der Waals surface area contributed by atoms with Gasteiger partial charge < -0.3 is 14.8 Å². The van der Waals surface area contributed by atoms with Crippen LogP contribution in [0.2, 0.25) is 0 Å². The molecule has 0 atom stereocenters. The summed E-state index contributed by atoms with van der Waals surface area (Å²) in [4.78, 5) is 0. The van der Waals surface area contributed by atoms with Crippen molar-refractivity contribution in [3.8, 4) is 11.5 Å². The number of nitrogens with one attached hydrogen (secondary N) is 1. The Hall–Kier alpha value is -1.29. The maximum atomic E-state index is 12.0. The summed E-state index contributed by atoms with van der Waals surface area (Å²) in [7, 11) is 3.44. The van der Waals surface area contributed by atoms with Crippen molar-refractivity contribution in [3.05, 3.63) is 23.8 Å². The molecule has 0 saturated heterocycles. The molecule has 0 aliphatic carbocycles. The molecule has 0 bridgehead atoms. The van der Waals surface area contributed by atoms with E-state index in [1.54, 1.807) is 13.2 Å². The van der Waals surface area contributed by atoms with Crippen molar-refractivity contribution in [3.63, 3.8) is 0 Å². The van der Waals surface area contributed by atoms with Crippen molar-refractivity contribution in [2.24, 2.45) is 0 Å². The number of rotatable bonds is 6. The standard InChI is InChI=1S/C11H16FNO2/c1-13-8-9-3-4-10(14-2)7-11(9)15-6-5-12/h3-4,7,13H,5-6,8H2,1-2H3. The van der Waals surface area contributed by atoms with Gasteiger partial charge in [0.05, 0.1) is 7.11 Å². The fourth-order valence-electron chi connectivity index (χ4n) is 1.28. The lowest BCUT2D eigenvalue weighted by Gasteiger charge is -2.11. The Morgan fingerprint density at radius 3 is 2.80 bits per heavy atom. The lowest BCUT2D eigenvalue weighted by molar-refractivity contribution is 0.269. The van der Waals surface area contributed by atoms with E-state index < -0.39 is 6.67 Å². The van der Waals surface area contributed by atoms with Gasteiger partial charge in [-0.1, -0.05) is 6.07 Å². The molecule has 0 radical (unpaired) electrons. The molecule has 4 heteroatoms. The summed E-state index contributed by atoms with van der Waals surface area (Å²) in [5.41, 5.74) is 0.992. The monoisotopic (exact) mass is 213 g/mol. The van der Waals surface area contributed by atoms with E-state index in [0.717, 1.165) is 5.56 Å². The van der Waals surface area contributed by atoms with Crippen LogP contribution in [0.15, 0.2) is 18.2 Å². The van der Waals surface area contributed by atoms with Crippen LogP contribution in [0, 0.1) is 0 Å². The van der Waals surface area contributed by atoms with Crippen molar-refractivity contribution >= 4 is 0 Å². The van der Waals surface area contributed by atoms with E-state index in [4.69, 9.17) is 9.47 Å². The zero-order valence-electron chi connectivity index (χ0n) is 9.05. The van der Waals surface area contributed by atoms with Crippen LogP contribution in [0.4, 0.5) is 4.39 Å². The molecule has 1 aromatic carbocycles. The van der Waals surface area contributed by atoms with E-state index in [0.29, 0.717) is 18.0 Å². The zero-order chi connectivity index (χ0) is 11.1. The average Bonchev–Trinajstić information content (AvgIpc) is 2.28. The van der Waals surface area contributed by atoms with Crippen LogP contribution in [0.5, 0.6) is 11.5 Å². The van der Waals surface area contributed by atoms with Gasteiger partial charge in [-0.3, -0.25) is 0 Å². The molecule has 84 valence electrons. The molecule has 0 aliphatic rings. The first kappa shape index (κ1) is 11.8. The number of benzene rings is 1. The fourth-order valence-corrected chi connectivity index (χ4v) is 1.28. The molecular formula is C11H16FNO2. The van der Waals surface area contributed by atoms with E-state index >= 15 is 0 Å². The summed E-state index contributed by atoms with van der Waals surface area (Å²) in [6.07, 6.45) is 0. The Balaban J connectivity index is 2.83. The second-order valence-electron chi connectivity index (χ2n) is 3.04. The van der Waals surface area contributed by atoms with Gasteiger partial charge >= 0.3 is 0 Å². The van der Waals surface area contributed by atoms with Gasteiger partial charge in [-0.2, -0.15) is 0 Å². The van der Waals surface area contributed by atoms with Crippen molar-refractivity contribution < 1.29 is 13.9 Å². The lowest BCUT2D eigenvalue weighted by atomic mass is 10.2. The van der Waals surface area contributed by atoms with Gasteiger partial charge in [0, 0.05) is 18.2 Å². The number of alkyl halides is 1. The van der Waals surface area contributed by atoms with E-state index in [2.05, 4.69) is 5.32 Å². The average molecular weight is 213 g/mol. The number of hydrogen-bond donors (Lipinski definition) is 1. The van der Waals surface area contributed by atoms with Gasteiger partial charge in [-0.05, 0) is 13.1 Å². The largest absolute Gasteiger partial charge is 0.497 e. The highest BCUT2D eigenvalue weighted by Gasteiger charge is 2.04. The van der Waals surface area contributed by atoms with Gasteiger partial charge in [0.1, 0.15) is 24.8 Å². The number of methoxy groups -OCH3 is 1. The summed E-state index contributed by atoms with van der Waals surface area (Å²) in [5, 5.41) is 3.02. The molecule has 0 unspecified atom stereocenters. The third kappa shape index (κ3) is 3.40. The minimum absolute atomic E-state index is 0.0733. The molecular weight excluding hydrogens is 197 g/mol. The lowest BCUT2D eigenvalue weighted by Crippen LogP contribution is -2.08. The predicted molar refractivity (Wildman–Crippen MR) is 57.2 cm³/mol. The zero-order valence-corrected chi connectivity index (χ0v) is 9.05. The molecule has 0 heterocycles. The topological polar surface area (TPSA) is 30.5 Å². The van der Waals surface area contributed by atoms with E-state index in [-0.39, 0.29) is 6.61 Å². The molecule has 0 spiro atoms. The van der Waals surface area contributed by atoms with Gasteiger partial charge in [0.2, 0.25) is 0 Å². The highest BCUT2D eigenvalue weighted by Crippen LogP contribution is 2.24. The normalized spacial score (nSPS) is 10.1. The Kier molecular flexibility index (Phi) is 4.90. The van der Waals surface area contributed by atoms with Gasteiger partial charge in [0.25, 0.3) is 0 Å². The SMILES string of the molecule is CNCc1ccc(OC)cc1OCCF. The summed E-state index contributed by atoms with van der Waals surface area (Å²) in [6.45, 7) is 0.270. The highest BCUT2D eigenvalue weighted by atomic mass is 19.1. The number of halogens is 1. The highest BCUT2D eigenvalue weighted by molar-refractivity contribution is 5.40. The number of hydrogen-bond acceptors (Lipinski definition) is 3. The third-order valence-corrected chi connectivity index (χ3v) is 1.98. The minimum Gasteiger partial charge on any atom is -0.497 e. The number of ether oxygens (including phenoxy) is 2. The smallest absolute Gasteiger partial charge is 0.127 e. The second-order valence-corrected chi connectivity index (χ2v) is 3.04. The molecule has 1 N–H and O–H groups in total. The van der Waals surface area contributed by atoms with Crippen molar-refractivity contribution in [1.29, 1.82) is 0 Å². The van der Waals surface area contributed by atoms with Crippen LogP contribution < -0.4 is 14.8 Å². The Bertz CT molecular complexity index is 305. The molecule has 1 rings (SSSR count). The van der Waals surface area contributed by atoms with Crippen molar-refractivity contribution in [2.45, 2.75) is 6.54 Å². The van der Waals surface area contributed by atoms with Crippen molar-refractivity contribution in [1.82, 2.24) is 5.32 Å². The van der Waals surface area contributed by atoms with Crippen LogP contribution in [0.1, 0.15) is 5.56 Å². The summed E-state index contributed by atoms with van der Waals surface area (Å²) in [5.74, 6) is 1.38. The summed E-state index contributed by atoms with van der Waals surface area (Å²) < 4.78 is 22.4. The van der Waals surface area contributed by atoms with Crippen LogP contribution >= 0.6 is 0 Å². The van der Waals surface area contributed by atoms with Crippen LogP contribution in [-0.2, 0) is 6.54 Å². The molecule has 0 fully saturated rings. The molecule has 0 aliphatic heterocycles. The molecule has 1 aromatic rings. The van der Waals surface area contributed by atoms with E-state index in [9.17, 15) is 4.39 Å². The Morgan fingerprint density at radius 2 is 2.20 bits per heavy atom. The quantitative estimate of drug-likeness (QED) is 0.781. The van der Waals surface area contributed by atoms with E-state index in [1.165, 1.54) is 0 Å². The summed E-state index contributed by atoms with van der Waals surface area (Å²) in [6, 6.07) is 5.53. The third-order valence-electron chi connectivity index (χ3n) is 1.98. The first-order valence-corrected chi connectivity index (χ1v) is 4.82. The Morgan fingerprint density at radius 1 is 1.40 bits per heavy atom. The van der Waals surface area contributed by atoms with Crippen LogP contribution in [0.3, 0.4) is 0 Å². The molecule has 0 amide bonds. The Labute approximate surface area is 89.2 Å². The predicted octanol–water partition coefficient (Wildman–Crippen LogP) is 1.76. The maximum absolute atomic E-state index is 12.0. The van der Waals surface area contributed by atoms with Gasteiger partial charge in [0.15, 0.2) is 0 Å². The van der Waals surface area contributed by atoms with Gasteiger partial charge in [-0.15, -0.1) is 0 Å². The molecule has 3 nitrogen and oxygen atoms in total. The van der Waals surface area contributed by atoms with E-state index in [1.807, 2.05) is 19.2 Å². The van der Waals surface area contributed by atoms with Crippen molar-refractivity contribution in [2.75, 3.05) is 27.4 Å². The maximum Gasteiger partial charge on any atom is 0.127 e. The first-order chi connectivity index (χ1) is 7.31.